The lowest BCUT2D eigenvalue weighted by atomic mass is 9.92. The maximum Gasteiger partial charge on any atom is 0.407 e. The Labute approximate surface area is 344 Å². The Hall–Kier alpha value is -5.93. The highest BCUT2D eigenvalue weighted by Crippen LogP contribution is 2.38. The number of rotatable bonds is 10. The van der Waals surface area contributed by atoms with Crippen LogP contribution in [0.2, 0.25) is 0 Å². The second kappa shape index (κ2) is 17.1. The van der Waals surface area contributed by atoms with Gasteiger partial charge in [0.1, 0.15) is 23.7 Å². The number of fused-ring (bicyclic) bond motifs is 3. The number of hydrogen-bond acceptors (Lipinski definition) is 10. The Kier molecular flexibility index (Phi) is 12.0. The van der Waals surface area contributed by atoms with Crippen LogP contribution in [0.4, 0.5) is 9.59 Å². The molecule has 5 heterocycles. The molecule has 2 fully saturated rings. The molecule has 0 radical (unpaired) electrons. The smallest absolute Gasteiger partial charge is 0.407 e. The molecule has 1 aromatic heterocycles. The first-order valence-corrected chi connectivity index (χ1v) is 20.5. The van der Waals surface area contributed by atoms with Crippen LogP contribution in [-0.4, -0.2) is 119 Å². The van der Waals surface area contributed by atoms with Crippen molar-refractivity contribution in [2.75, 3.05) is 40.9 Å². The SMILES string of the molecule is COC(=O)N[C@H](C(=O)N1CCC[C@H]1C1=NCC(c2ccc3c(c2)CN(C)C(=O)c2cc(-c4cnc([C@@H]5CCCN5C(=O)[C@@H](NC(=O)OC)C(C)C)[nH]4)ccc2-3)N1)C(C)C. The van der Waals surface area contributed by atoms with Crippen molar-refractivity contribution in [3.8, 4) is 22.4 Å². The van der Waals surface area contributed by atoms with E-state index in [-0.39, 0.29) is 47.7 Å². The average Bonchev–Trinajstić information content (AvgIpc) is 4.07. The fourth-order valence-electron chi connectivity index (χ4n) is 8.77. The lowest BCUT2D eigenvalue weighted by Crippen LogP contribution is -2.54. The highest BCUT2D eigenvalue weighted by molar-refractivity contribution is 6.03. The minimum Gasteiger partial charge on any atom is -0.453 e. The van der Waals surface area contributed by atoms with Gasteiger partial charge in [0.05, 0.1) is 50.8 Å². The van der Waals surface area contributed by atoms with Crippen molar-refractivity contribution in [2.45, 2.75) is 90.1 Å². The topological polar surface area (TPSA) is 191 Å². The first-order valence-electron chi connectivity index (χ1n) is 20.5. The van der Waals surface area contributed by atoms with Crippen LogP contribution in [0.15, 0.2) is 47.6 Å². The van der Waals surface area contributed by atoms with E-state index in [2.05, 4.69) is 39.1 Å². The number of aliphatic imine (C=N–C) groups is 1. The third-order valence-corrected chi connectivity index (χ3v) is 12.0. The van der Waals surface area contributed by atoms with Gasteiger partial charge in [-0.3, -0.25) is 19.4 Å². The summed E-state index contributed by atoms with van der Waals surface area (Å²) in [6.45, 7) is 9.63. The summed E-state index contributed by atoms with van der Waals surface area (Å²) in [5.74, 6) is 0.736. The maximum atomic E-state index is 13.9. The predicted octanol–water partition coefficient (Wildman–Crippen LogP) is 4.79. The second-order valence-electron chi connectivity index (χ2n) is 16.5. The number of alkyl carbamates (subject to hydrolysis) is 2. The van der Waals surface area contributed by atoms with Gasteiger partial charge in [0.15, 0.2) is 0 Å². The van der Waals surface area contributed by atoms with Crippen molar-refractivity contribution in [3.63, 3.8) is 0 Å². The van der Waals surface area contributed by atoms with Crippen LogP contribution in [0.1, 0.15) is 92.8 Å². The molecule has 0 aliphatic carbocycles. The molecule has 3 aromatic rings. The predicted molar refractivity (Wildman–Crippen MR) is 220 cm³/mol. The lowest BCUT2D eigenvalue weighted by Gasteiger charge is -2.31. The van der Waals surface area contributed by atoms with Crippen LogP contribution in [0.3, 0.4) is 0 Å². The van der Waals surface area contributed by atoms with Gasteiger partial charge in [-0.05, 0) is 65.8 Å². The van der Waals surface area contributed by atoms with Crippen molar-refractivity contribution < 1.29 is 33.4 Å². The number of hydrogen-bond donors (Lipinski definition) is 4. The van der Waals surface area contributed by atoms with Crippen LogP contribution in [0.25, 0.3) is 22.4 Å². The number of aromatic amines is 1. The van der Waals surface area contributed by atoms with Gasteiger partial charge in [0.25, 0.3) is 5.91 Å². The molecule has 5 atom stereocenters. The van der Waals surface area contributed by atoms with E-state index in [4.69, 9.17) is 19.5 Å². The summed E-state index contributed by atoms with van der Waals surface area (Å²) in [6.07, 6.45) is 3.60. The van der Waals surface area contributed by atoms with Gasteiger partial charge in [-0.2, -0.15) is 0 Å². The Balaban J connectivity index is 1.08. The van der Waals surface area contributed by atoms with E-state index in [1.807, 2.05) is 50.8 Å². The largest absolute Gasteiger partial charge is 0.453 e. The molecule has 0 spiro atoms. The molecule has 4 aliphatic heterocycles. The molecule has 4 N–H and O–H groups in total. The number of nitrogens with zero attached hydrogens (tertiary/aromatic N) is 5. The standard InChI is InChI=1S/C43H55N9O7/c1-23(2)35(48-42(56)58-6)40(54)51-16-8-10-33(51)37-44-20-31(46-37)25-12-14-28-27(18-25)22-50(5)39(53)30-19-26(13-15-29(28)30)32-21-45-38(47-32)34-11-9-17-52(34)41(55)36(24(3)4)49-43(57)59-7/h12-15,18-19,21,23-24,31,33-36H,8-11,16-17,20,22H2,1-7H3,(H,44,46)(H,45,47)(H,48,56)(H,49,57)/t31?,33-,34-,35-,36-/m0/s1. The van der Waals surface area contributed by atoms with Crippen molar-refractivity contribution in [2.24, 2.45) is 16.8 Å². The molecule has 16 nitrogen and oxygen atoms in total. The molecule has 2 aromatic carbocycles. The molecule has 0 saturated carbocycles. The number of amidine groups is 1. The molecule has 5 amide bonds. The van der Waals surface area contributed by atoms with Crippen molar-refractivity contribution >= 4 is 35.7 Å². The van der Waals surface area contributed by atoms with Crippen LogP contribution >= 0.6 is 0 Å². The van der Waals surface area contributed by atoms with Crippen molar-refractivity contribution in [1.29, 1.82) is 0 Å². The van der Waals surface area contributed by atoms with Crippen LogP contribution in [-0.2, 0) is 25.6 Å². The van der Waals surface area contributed by atoms with Gasteiger partial charge in [-0.15, -0.1) is 0 Å². The van der Waals surface area contributed by atoms with E-state index in [1.54, 1.807) is 23.0 Å². The highest BCUT2D eigenvalue weighted by Gasteiger charge is 2.40. The number of carbonyl (C=O) groups is 5. The monoisotopic (exact) mass is 809 g/mol. The molecule has 4 aliphatic rings. The van der Waals surface area contributed by atoms with Gasteiger partial charge in [-0.25, -0.2) is 14.6 Å². The van der Waals surface area contributed by atoms with Crippen LogP contribution in [0, 0.1) is 11.8 Å². The minimum atomic E-state index is -0.730. The van der Waals surface area contributed by atoms with Gasteiger partial charge in [0.2, 0.25) is 11.8 Å². The van der Waals surface area contributed by atoms with E-state index >= 15 is 0 Å². The minimum absolute atomic E-state index is 0.0956. The summed E-state index contributed by atoms with van der Waals surface area (Å²) in [5.41, 5.74) is 5.98. The molecular weight excluding hydrogens is 755 g/mol. The zero-order valence-electron chi connectivity index (χ0n) is 34.8. The number of imidazole rings is 1. The summed E-state index contributed by atoms with van der Waals surface area (Å²) in [7, 11) is 4.37. The number of amides is 5. The molecule has 16 heteroatoms. The number of methoxy groups -OCH3 is 2. The number of carbonyl (C=O) groups excluding carboxylic acids is 5. The van der Waals surface area contributed by atoms with Crippen LogP contribution < -0.4 is 16.0 Å². The Morgan fingerprint density at radius 3 is 2.05 bits per heavy atom. The quantitative estimate of drug-likeness (QED) is 0.223. The Morgan fingerprint density at radius 2 is 1.42 bits per heavy atom. The Bertz CT molecular complexity index is 2150. The number of H-pyrrole nitrogens is 1. The second-order valence-corrected chi connectivity index (χ2v) is 16.5. The Morgan fingerprint density at radius 1 is 0.814 bits per heavy atom. The molecule has 2 saturated heterocycles. The third-order valence-electron chi connectivity index (χ3n) is 12.0. The normalized spacial score (nSPS) is 21.0. The molecule has 59 heavy (non-hydrogen) atoms. The molecule has 1 unspecified atom stereocenters. The lowest BCUT2D eigenvalue weighted by molar-refractivity contribution is -0.135. The fourth-order valence-corrected chi connectivity index (χ4v) is 8.77. The van der Waals surface area contributed by atoms with E-state index in [0.717, 1.165) is 65.0 Å². The number of likely N-dealkylation sites (tertiary alicyclic amines) is 2. The maximum absolute atomic E-state index is 13.9. The van der Waals surface area contributed by atoms with E-state index in [0.29, 0.717) is 37.6 Å². The van der Waals surface area contributed by atoms with Crippen molar-refractivity contribution in [1.82, 2.24) is 40.6 Å². The molecule has 7 rings (SSSR count). The molecule has 0 bridgehead atoms. The zero-order chi connectivity index (χ0) is 42.1. The van der Waals surface area contributed by atoms with Gasteiger partial charge in [-0.1, -0.05) is 58.0 Å². The fraction of sp³-hybridized carbons (Fsp3) is 0.512. The first kappa shape index (κ1) is 41.2. The van der Waals surface area contributed by atoms with Crippen molar-refractivity contribution in [3.05, 3.63) is 65.1 Å². The number of nitrogens with one attached hydrogen (secondary N) is 4. The summed E-state index contributed by atoms with van der Waals surface area (Å²) in [4.78, 5) is 83.7. The van der Waals surface area contributed by atoms with Gasteiger partial charge < -0.3 is 45.1 Å². The van der Waals surface area contributed by atoms with Crippen LogP contribution in [0.5, 0.6) is 0 Å². The number of benzene rings is 2. The third kappa shape index (κ3) is 8.21. The van der Waals surface area contributed by atoms with Gasteiger partial charge in [0, 0.05) is 37.8 Å². The molecular formula is C43H55N9O7. The number of aromatic nitrogens is 2. The van der Waals surface area contributed by atoms with E-state index in [1.165, 1.54) is 14.2 Å². The summed E-state index contributed by atoms with van der Waals surface area (Å²) in [6, 6.07) is 10.1. The first-order chi connectivity index (χ1) is 28.3. The summed E-state index contributed by atoms with van der Waals surface area (Å²) in [5, 5.41) is 9.00. The van der Waals surface area contributed by atoms with E-state index in [9.17, 15) is 24.0 Å². The molecule has 314 valence electrons. The summed E-state index contributed by atoms with van der Waals surface area (Å²) < 4.78 is 9.55. The average molecular weight is 810 g/mol. The van der Waals surface area contributed by atoms with E-state index < -0.39 is 24.3 Å². The van der Waals surface area contributed by atoms with Gasteiger partial charge >= 0.3 is 12.2 Å². The highest BCUT2D eigenvalue weighted by atomic mass is 16.5. The number of ether oxygens (including phenoxy) is 2. The summed E-state index contributed by atoms with van der Waals surface area (Å²) >= 11 is 0. The zero-order valence-corrected chi connectivity index (χ0v) is 34.8.